The molecule has 0 aliphatic heterocycles. The van der Waals surface area contributed by atoms with Gasteiger partial charge in [0.05, 0.1) is 0 Å². The van der Waals surface area contributed by atoms with Crippen LogP contribution in [0.4, 0.5) is 8.78 Å². The maximum atomic E-state index is 11.9. The standard InChI is InChI=1S/C9H8F2O4/c10-9(11)15-7(8(13)14)5-3-1-2-4-6(5)12/h1-4,7,9,12H,(H,13,14). The van der Waals surface area contributed by atoms with E-state index >= 15 is 0 Å². The molecule has 0 aliphatic rings. The molecule has 0 spiro atoms. The number of aliphatic carboxylic acids is 1. The molecule has 2 N–H and O–H groups in total. The SMILES string of the molecule is O=C(O)C(OC(F)F)c1ccccc1O. The molecule has 0 aliphatic carbocycles. The van der Waals surface area contributed by atoms with Crippen LogP contribution < -0.4 is 0 Å². The predicted molar refractivity (Wildman–Crippen MR) is 45.6 cm³/mol. The van der Waals surface area contributed by atoms with Crippen molar-refractivity contribution in [3.63, 3.8) is 0 Å². The van der Waals surface area contributed by atoms with Crippen molar-refractivity contribution in [2.75, 3.05) is 0 Å². The summed E-state index contributed by atoms with van der Waals surface area (Å²) in [6.45, 7) is -3.22. The molecule has 4 nitrogen and oxygen atoms in total. The van der Waals surface area contributed by atoms with Crippen LogP contribution in [-0.2, 0) is 9.53 Å². The Labute approximate surface area is 83.7 Å². The van der Waals surface area contributed by atoms with E-state index in [2.05, 4.69) is 4.74 Å². The number of halogens is 2. The summed E-state index contributed by atoms with van der Waals surface area (Å²) in [5.41, 5.74) is -0.203. The maximum absolute atomic E-state index is 11.9. The summed E-state index contributed by atoms with van der Waals surface area (Å²) < 4.78 is 27.7. The summed E-state index contributed by atoms with van der Waals surface area (Å²) in [6, 6.07) is 5.26. The fourth-order valence-electron chi connectivity index (χ4n) is 1.08. The molecule has 0 bridgehead atoms. The zero-order valence-corrected chi connectivity index (χ0v) is 7.43. The molecular weight excluding hydrogens is 210 g/mol. The molecule has 1 aromatic carbocycles. The first-order valence-electron chi connectivity index (χ1n) is 3.96. The van der Waals surface area contributed by atoms with Gasteiger partial charge in [0.25, 0.3) is 0 Å². The molecule has 0 amide bonds. The van der Waals surface area contributed by atoms with Crippen LogP contribution in [0, 0.1) is 0 Å². The fourth-order valence-corrected chi connectivity index (χ4v) is 1.08. The van der Waals surface area contributed by atoms with E-state index in [1.54, 1.807) is 0 Å². The molecule has 0 saturated carbocycles. The van der Waals surface area contributed by atoms with Gasteiger partial charge in [0, 0.05) is 5.56 Å². The van der Waals surface area contributed by atoms with Gasteiger partial charge in [0.15, 0.2) is 6.10 Å². The lowest BCUT2D eigenvalue weighted by Crippen LogP contribution is -2.18. The topological polar surface area (TPSA) is 66.8 Å². The van der Waals surface area contributed by atoms with E-state index in [4.69, 9.17) is 5.11 Å². The van der Waals surface area contributed by atoms with Gasteiger partial charge in [-0.05, 0) is 6.07 Å². The normalized spacial score (nSPS) is 12.7. The molecule has 15 heavy (non-hydrogen) atoms. The van der Waals surface area contributed by atoms with Crippen LogP contribution in [0.25, 0.3) is 0 Å². The first-order chi connectivity index (χ1) is 7.02. The van der Waals surface area contributed by atoms with Crippen LogP contribution in [0.5, 0.6) is 5.75 Å². The summed E-state index contributed by atoms with van der Waals surface area (Å²) in [5.74, 6) is -1.98. The van der Waals surface area contributed by atoms with Crippen molar-refractivity contribution in [3.8, 4) is 5.75 Å². The molecule has 0 aromatic heterocycles. The van der Waals surface area contributed by atoms with Gasteiger partial charge in [0.2, 0.25) is 0 Å². The number of para-hydroxylation sites is 1. The van der Waals surface area contributed by atoms with Crippen molar-refractivity contribution >= 4 is 5.97 Å². The molecule has 82 valence electrons. The number of carboxylic acid groups (broad SMARTS) is 1. The van der Waals surface area contributed by atoms with Crippen molar-refractivity contribution in [1.82, 2.24) is 0 Å². The monoisotopic (exact) mass is 218 g/mol. The number of aromatic hydroxyl groups is 1. The number of hydrogen-bond donors (Lipinski definition) is 2. The Morgan fingerprint density at radius 2 is 1.93 bits per heavy atom. The summed E-state index contributed by atoms with van der Waals surface area (Å²) in [4.78, 5) is 10.6. The first-order valence-corrected chi connectivity index (χ1v) is 3.96. The molecule has 6 heteroatoms. The molecule has 1 aromatic rings. The highest BCUT2D eigenvalue weighted by Gasteiger charge is 2.26. The number of hydrogen-bond acceptors (Lipinski definition) is 3. The van der Waals surface area contributed by atoms with E-state index in [0.717, 1.165) is 0 Å². The van der Waals surface area contributed by atoms with Gasteiger partial charge in [0.1, 0.15) is 5.75 Å². The Bertz CT molecular complexity index is 354. The number of phenols is 1. The van der Waals surface area contributed by atoms with E-state index in [9.17, 15) is 18.7 Å². The van der Waals surface area contributed by atoms with Crippen LogP contribution in [0.3, 0.4) is 0 Å². The number of alkyl halides is 2. The molecule has 0 fully saturated rings. The summed E-state index contributed by atoms with van der Waals surface area (Å²) in [5, 5.41) is 17.9. The number of carboxylic acids is 1. The number of benzene rings is 1. The van der Waals surface area contributed by atoms with Gasteiger partial charge < -0.3 is 14.9 Å². The van der Waals surface area contributed by atoms with Gasteiger partial charge in [-0.3, -0.25) is 0 Å². The summed E-state index contributed by atoms with van der Waals surface area (Å²) in [6.07, 6.45) is -1.87. The molecule has 1 atom stereocenters. The second-order valence-corrected chi connectivity index (χ2v) is 2.67. The molecular formula is C9H8F2O4. The van der Waals surface area contributed by atoms with Gasteiger partial charge in [-0.25, -0.2) is 4.79 Å². The van der Waals surface area contributed by atoms with Crippen molar-refractivity contribution in [2.45, 2.75) is 12.7 Å². The van der Waals surface area contributed by atoms with Crippen LogP contribution in [0.2, 0.25) is 0 Å². The van der Waals surface area contributed by atoms with Crippen molar-refractivity contribution in [2.24, 2.45) is 0 Å². The molecule has 0 heterocycles. The number of ether oxygens (including phenoxy) is 1. The average molecular weight is 218 g/mol. The Morgan fingerprint density at radius 1 is 1.33 bits per heavy atom. The Balaban J connectivity index is 2.99. The first kappa shape index (κ1) is 11.4. The van der Waals surface area contributed by atoms with E-state index < -0.39 is 24.4 Å². The lowest BCUT2D eigenvalue weighted by atomic mass is 10.1. The molecule has 0 radical (unpaired) electrons. The summed E-state index contributed by atoms with van der Waals surface area (Å²) in [7, 11) is 0. The van der Waals surface area contributed by atoms with Crippen molar-refractivity contribution in [1.29, 1.82) is 0 Å². The zero-order chi connectivity index (χ0) is 11.4. The minimum absolute atomic E-state index is 0.203. The lowest BCUT2D eigenvalue weighted by Gasteiger charge is -2.14. The Morgan fingerprint density at radius 3 is 2.40 bits per heavy atom. The Hall–Kier alpha value is -1.69. The second-order valence-electron chi connectivity index (χ2n) is 2.67. The van der Waals surface area contributed by atoms with Gasteiger partial charge in [-0.2, -0.15) is 8.78 Å². The van der Waals surface area contributed by atoms with Crippen LogP contribution in [0.1, 0.15) is 11.7 Å². The molecule has 1 rings (SSSR count). The van der Waals surface area contributed by atoms with Crippen molar-refractivity contribution in [3.05, 3.63) is 29.8 Å². The smallest absolute Gasteiger partial charge is 0.346 e. The number of carbonyl (C=O) groups is 1. The largest absolute Gasteiger partial charge is 0.508 e. The van der Waals surface area contributed by atoms with Gasteiger partial charge in [-0.15, -0.1) is 0 Å². The third-order valence-electron chi connectivity index (χ3n) is 1.68. The van der Waals surface area contributed by atoms with E-state index in [0.29, 0.717) is 0 Å². The summed E-state index contributed by atoms with van der Waals surface area (Å²) >= 11 is 0. The van der Waals surface area contributed by atoms with E-state index in [1.807, 2.05) is 0 Å². The van der Waals surface area contributed by atoms with Crippen LogP contribution in [-0.4, -0.2) is 22.8 Å². The second kappa shape index (κ2) is 4.70. The van der Waals surface area contributed by atoms with E-state index in [-0.39, 0.29) is 5.56 Å². The highest BCUT2D eigenvalue weighted by atomic mass is 19.3. The third kappa shape index (κ3) is 2.88. The highest BCUT2D eigenvalue weighted by molar-refractivity contribution is 5.75. The Kier molecular flexibility index (Phi) is 3.56. The highest BCUT2D eigenvalue weighted by Crippen LogP contribution is 2.28. The third-order valence-corrected chi connectivity index (χ3v) is 1.68. The quantitative estimate of drug-likeness (QED) is 0.807. The predicted octanol–water partition coefficient (Wildman–Crippen LogP) is 1.76. The maximum Gasteiger partial charge on any atom is 0.346 e. The fraction of sp³-hybridized carbons (Fsp3) is 0.222. The zero-order valence-electron chi connectivity index (χ0n) is 7.43. The molecule has 1 unspecified atom stereocenters. The minimum atomic E-state index is -3.22. The minimum Gasteiger partial charge on any atom is -0.508 e. The van der Waals surface area contributed by atoms with E-state index in [1.165, 1.54) is 24.3 Å². The number of phenolic OH excluding ortho intramolecular Hbond substituents is 1. The van der Waals surface area contributed by atoms with Crippen molar-refractivity contribution < 1.29 is 28.5 Å². The van der Waals surface area contributed by atoms with Gasteiger partial charge in [-0.1, -0.05) is 18.2 Å². The number of rotatable bonds is 4. The van der Waals surface area contributed by atoms with Gasteiger partial charge >= 0.3 is 12.6 Å². The van der Waals surface area contributed by atoms with Crippen LogP contribution in [0.15, 0.2) is 24.3 Å². The molecule has 0 saturated heterocycles. The lowest BCUT2D eigenvalue weighted by molar-refractivity contribution is -0.189. The van der Waals surface area contributed by atoms with Crippen LogP contribution >= 0.6 is 0 Å². The average Bonchev–Trinajstić information content (AvgIpc) is 2.15.